The summed E-state index contributed by atoms with van der Waals surface area (Å²) >= 11 is 0. The molecule has 0 aliphatic carbocycles. The summed E-state index contributed by atoms with van der Waals surface area (Å²) in [6.07, 6.45) is 9.22. The van der Waals surface area contributed by atoms with Crippen LogP contribution in [0.3, 0.4) is 0 Å². The van der Waals surface area contributed by atoms with Gasteiger partial charge in [0.15, 0.2) is 0 Å². The molecule has 0 aromatic rings. The van der Waals surface area contributed by atoms with Gasteiger partial charge in [0.05, 0.1) is 13.2 Å². The Hall–Kier alpha value is 0.860. The van der Waals surface area contributed by atoms with E-state index in [9.17, 15) is 14.7 Å². The maximum Gasteiger partial charge on any atom is 1.00 e. The molecule has 0 spiro atoms. The molecule has 2 unspecified atom stereocenters. The summed E-state index contributed by atoms with van der Waals surface area (Å²) in [6, 6.07) is 0. The fraction of sp³-hybridized carbons (Fsp3) is 0.900. The SMILES string of the molecule is CCCCCCC(COCC(=O)OC(CO)CCCCCC)OC(C)=O.[H-].[H-].[Na+].[Na+]. The van der Waals surface area contributed by atoms with Crippen molar-refractivity contribution in [2.45, 2.75) is 97.2 Å². The summed E-state index contributed by atoms with van der Waals surface area (Å²) in [5, 5.41) is 9.31. The second-order valence-corrected chi connectivity index (χ2v) is 6.74. The Labute approximate surface area is 218 Å². The van der Waals surface area contributed by atoms with Gasteiger partial charge in [-0.25, -0.2) is 4.79 Å². The molecule has 158 valence electrons. The standard InChI is InChI=1S/C20H38O6.2Na.2H/c1-4-6-8-10-12-18(14-21)26-20(23)16-24-15-19(25-17(3)22)13-11-9-7-5-2;;;;/h18-19,21H,4-16H2,1-3H3;;;;/q;2*+1;2*-1. The van der Waals surface area contributed by atoms with Crippen LogP contribution in [0.1, 0.15) is 87.8 Å². The Kier molecular flexibility index (Phi) is 28.9. The number of hydrogen-bond donors (Lipinski definition) is 1. The first-order valence-electron chi connectivity index (χ1n) is 10.1. The van der Waals surface area contributed by atoms with Gasteiger partial charge >= 0.3 is 71.1 Å². The van der Waals surface area contributed by atoms with E-state index in [1.54, 1.807) is 0 Å². The van der Waals surface area contributed by atoms with Crippen LogP contribution in [-0.2, 0) is 23.8 Å². The third-order valence-corrected chi connectivity index (χ3v) is 4.12. The molecule has 0 aromatic carbocycles. The minimum absolute atomic E-state index is 0. The molecular formula is C20H40Na2O6. The van der Waals surface area contributed by atoms with Crippen molar-refractivity contribution in [1.29, 1.82) is 0 Å². The largest absolute Gasteiger partial charge is 1.00 e. The fourth-order valence-corrected chi connectivity index (χ4v) is 2.69. The number of aliphatic hydroxyl groups excluding tert-OH is 1. The van der Waals surface area contributed by atoms with Crippen LogP contribution in [0, 0.1) is 0 Å². The summed E-state index contributed by atoms with van der Waals surface area (Å²) < 4.78 is 15.8. The summed E-state index contributed by atoms with van der Waals surface area (Å²) in [6.45, 7) is 5.46. The predicted octanol–water partition coefficient (Wildman–Crippen LogP) is -1.99. The quantitative estimate of drug-likeness (QED) is 0.166. The second kappa shape index (κ2) is 24.1. The van der Waals surface area contributed by atoms with Gasteiger partial charge in [-0.1, -0.05) is 52.4 Å². The van der Waals surface area contributed by atoms with Crippen LogP contribution in [0.2, 0.25) is 0 Å². The summed E-state index contributed by atoms with van der Waals surface area (Å²) in [4.78, 5) is 23.0. The van der Waals surface area contributed by atoms with Crippen molar-refractivity contribution in [3.63, 3.8) is 0 Å². The maximum absolute atomic E-state index is 11.8. The monoisotopic (exact) mass is 422 g/mol. The predicted molar refractivity (Wildman–Crippen MR) is 103 cm³/mol. The molecule has 1 N–H and O–H groups in total. The van der Waals surface area contributed by atoms with Gasteiger partial charge in [0.1, 0.15) is 18.8 Å². The minimum atomic E-state index is -0.493. The Morgan fingerprint density at radius 1 is 0.857 bits per heavy atom. The van der Waals surface area contributed by atoms with Crippen LogP contribution < -0.4 is 59.1 Å². The number of aliphatic hydroxyl groups is 1. The van der Waals surface area contributed by atoms with E-state index in [1.165, 1.54) is 6.92 Å². The van der Waals surface area contributed by atoms with Crippen molar-refractivity contribution in [3.05, 3.63) is 0 Å². The molecule has 6 nitrogen and oxygen atoms in total. The van der Waals surface area contributed by atoms with Gasteiger partial charge in [0, 0.05) is 6.92 Å². The summed E-state index contributed by atoms with van der Waals surface area (Å²) in [7, 11) is 0. The van der Waals surface area contributed by atoms with Crippen molar-refractivity contribution in [2.24, 2.45) is 0 Å². The third-order valence-electron chi connectivity index (χ3n) is 4.12. The van der Waals surface area contributed by atoms with Crippen molar-refractivity contribution in [1.82, 2.24) is 0 Å². The van der Waals surface area contributed by atoms with E-state index in [0.29, 0.717) is 6.42 Å². The Morgan fingerprint density at radius 3 is 1.86 bits per heavy atom. The number of carbonyl (C=O) groups is 2. The van der Waals surface area contributed by atoms with E-state index < -0.39 is 12.1 Å². The zero-order valence-electron chi connectivity index (χ0n) is 20.8. The number of unbranched alkanes of at least 4 members (excludes halogenated alkanes) is 6. The van der Waals surface area contributed by atoms with Crippen molar-refractivity contribution in [2.75, 3.05) is 19.8 Å². The average molecular weight is 423 g/mol. The van der Waals surface area contributed by atoms with E-state index in [1.807, 2.05) is 0 Å². The van der Waals surface area contributed by atoms with Gasteiger partial charge in [-0.05, 0) is 25.7 Å². The van der Waals surface area contributed by atoms with Gasteiger partial charge in [-0.15, -0.1) is 0 Å². The zero-order valence-corrected chi connectivity index (χ0v) is 22.8. The number of esters is 2. The molecule has 0 aliphatic heterocycles. The van der Waals surface area contributed by atoms with Crippen molar-refractivity contribution in [3.8, 4) is 0 Å². The Morgan fingerprint density at radius 2 is 1.39 bits per heavy atom. The van der Waals surface area contributed by atoms with Gasteiger partial charge in [0.25, 0.3) is 0 Å². The molecule has 28 heavy (non-hydrogen) atoms. The minimum Gasteiger partial charge on any atom is -1.00 e. The van der Waals surface area contributed by atoms with Gasteiger partial charge < -0.3 is 22.2 Å². The van der Waals surface area contributed by atoms with Crippen LogP contribution in [0.4, 0.5) is 0 Å². The van der Waals surface area contributed by atoms with E-state index in [-0.39, 0.29) is 93.9 Å². The summed E-state index contributed by atoms with van der Waals surface area (Å²) in [5.41, 5.74) is 0. The molecule has 0 bridgehead atoms. The molecule has 8 heteroatoms. The molecule has 2 atom stereocenters. The molecule has 0 amide bonds. The Bertz CT molecular complexity index is 379. The molecule has 0 fully saturated rings. The maximum atomic E-state index is 11.8. The number of hydrogen-bond acceptors (Lipinski definition) is 6. The zero-order chi connectivity index (χ0) is 19.6. The number of ether oxygens (including phenoxy) is 3. The molecule has 0 aromatic heterocycles. The van der Waals surface area contributed by atoms with Gasteiger partial charge in [0.2, 0.25) is 0 Å². The molecule has 0 saturated heterocycles. The smallest absolute Gasteiger partial charge is 1.00 e. The van der Waals surface area contributed by atoms with Crippen LogP contribution in [0.5, 0.6) is 0 Å². The van der Waals surface area contributed by atoms with Gasteiger partial charge in [-0.2, -0.15) is 0 Å². The Balaban J connectivity index is -0.000000521. The van der Waals surface area contributed by atoms with Crippen molar-refractivity contribution < 1.29 is 90.9 Å². The second-order valence-electron chi connectivity index (χ2n) is 6.74. The molecule has 0 heterocycles. The third kappa shape index (κ3) is 21.6. The molecule has 0 saturated carbocycles. The first kappa shape index (κ1) is 33.5. The number of rotatable bonds is 17. The molecule has 0 radical (unpaired) electrons. The molecule has 0 aliphatic rings. The average Bonchev–Trinajstić information content (AvgIpc) is 2.60. The van der Waals surface area contributed by atoms with E-state index in [2.05, 4.69) is 13.8 Å². The van der Waals surface area contributed by atoms with Gasteiger partial charge in [-0.3, -0.25) is 4.79 Å². The normalized spacial score (nSPS) is 12.3. The van der Waals surface area contributed by atoms with E-state index in [0.717, 1.165) is 57.8 Å². The van der Waals surface area contributed by atoms with E-state index >= 15 is 0 Å². The van der Waals surface area contributed by atoms with E-state index in [4.69, 9.17) is 14.2 Å². The molecular weight excluding hydrogens is 382 g/mol. The first-order chi connectivity index (χ1) is 12.5. The molecule has 0 rings (SSSR count). The van der Waals surface area contributed by atoms with Crippen LogP contribution in [0.15, 0.2) is 0 Å². The van der Waals surface area contributed by atoms with Crippen LogP contribution in [0.25, 0.3) is 0 Å². The summed E-state index contributed by atoms with van der Waals surface area (Å²) in [5.74, 6) is -0.837. The number of carbonyl (C=O) groups excluding carboxylic acids is 2. The fourth-order valence-electron chi connectivity index (χ4n) is 2.69. The van der Waals surface area contributed by atoms with Crippen LogP contribution >= 0.6 is 0 Å². The van der Waals surface area contributed by atoms with Crippen LogP contribution in [-0.4, -0.2) is 49.1 Å². The van der Waals surface area contributed by atoms with Crippen molar-refractivity contribution >= 4 is 11.9 Å². The first-order valence-corrected chi connectivity index (χ1v) is 10.1. The topological polar surface area (TPSA) is 82.1 Å².